The molecule has 1 aromatic rings. The summed E-state index contributed by atoms with van der Waals surface area (Å²) in [6.45, 7) is 2.13. The first kappa shape index (κ1) is 12.0. The molecular formula is C10H13BrN2O2. The summed E-state index contributed by atoms with van der Waals surface area (Å²) in [5.74, 6) is 0. The van der Waals surface area contributed by atoms with Crippen LogP contribution in [0.4, 0.5) is 10.5 Å². The summed E-state index contributed by atoms with van der Waals surface area (Å²) in [4.78, 5) is 11.2. The fourth-order valence-corrected chi connectivity index (χ4v) is 1.31. The van der Waals surface area contributed by atoms with Gasteiger partial charge in [-0.3, -0.25) is 0 Å². The average Bonchev–Trinajstić information content (AvgIpc) is 2.20. The van der Waals surface area contributed by atoms with E-state index in [1.807, 2.05) is 19.1 Å². The molecule has 0 atom stereocenters. The van der Waals surface area contributed by atoms with Crippen molar-refractivity contribution < 1.29 is 9.90 Å². The molecule has 0 aliphatic heterocycles. The second-order valence-corrected chi connectivity index (χ2v) is 3.92. The molecule has 3 N–H and O–H groups in total. The number of urea groups is 1. The number of benzene rings is 1. The lowest BCUT2D eigenvalue weighted by Crippen LogP contribution is -2.30. The zero-order valence-electron chi connectivity index (χ0n) is 8.38. The molecule has 0 saturated heterocycles. The number of halogens is 1. The van der Waals surface area contributed by atoms with Crippen molar-refractivity contribution in [3.05, 3.63) is 28.2 Å². The first-order valence-electron chi connectivity index (χ1n) is 4.55. The lowest BCUT2D eigenvalue weighted by atomic mass is 10.2. The highest BCUT2D eigenvalue weighted by Crippen LogP contribution is 2.19. The maximum atomic E-state index is 11.2. The highest BCUT2D eigenvalue weighted by Gasteiger charge is 2.01. The van der Waals surface area contributed by atoms with Crippen LogP contribution >= 0.6 is 15.9 Å². The molecule has 0 radical (unpaired) electrons. The molecule has 2 amide bonds. The Hall–Kier alpha value is -1.07. The molecule has 0 spiro atoms. The molecule has 1 aromatic carbocycles. The summed E-state index contributed by atoms with van der Waals surface area (Å²) < 4.78 is 1.00. The Kier molecular flexibility index (Phi) is 4.58. The zero-order valence-corrected chi connectivity index (χ0v) is 9.97. The summed E-state index contributed by atoms with van der Waals surface area (Å²) in [6.07, 6.45) is 0. The molecule has 0 aliphatic carbocycles. The van der Waals surface area contributed by atoms with Crippen LogP contribution in [0.25, 0.3) is 0 Å². The van der Waals surface area contributed by atoms with Gasteiger partial charge in [0.25, 0.3) is 0 Å². The van der Waals surface area contributed by atoms with E-state index in [1.165, 1.54) is 0 Å². The Morgan fingerprint density at radius 2 is 2.27 bits per heavy atom. The quantitative estimate of drug-likeness (QED) is 0.787. The smallest absolute Gasteiger partial charge is 0.319 e. The molecule has 0 aromatic heterocycles. The van der Waals surface area contributed by atoms with E-state index in [2.05, 4.69) is 26.6 Å². The van der Waals surface area contributed by atoms with Gasteiger partial charge in [-0.2, -0.15) is 0 Å². The summed E-state index contributed by atoms with van der Waals surface area (Å²) >= 11 is 3.38. The van der Waals surface area contributed by atoms with Crippen molar-refractivity contribution in [2.45, 2.75) is 6.92 Å². The number of nitrogens with one attached hydrogen (secondary N) is 2. The number of rotatable bonds is 3. The van der Waals surface area contributed by atoms with Gasteiger partial charge in [0.15, 0.2) is 0 Å². The average molecular weight is 273 g/mol. The Morgan fingerprint density at radius 3 is 2.87 bits per heavy atom. The third-order valence-electron chi connectivity index (χ3n) is 1.81. The molecule has 0 aliphatic rings. The molecule has 15 heavy (non-hydrogen) atoms. The molecule has 5 heteroatoms. The van der Waals surface area contributed by atoms with Gasteiger partial charge in [-0.15, -0.1) is 0 Å². The maximum absolute atomic E-state index is 11.2. The molecule has 1 rings (SSSR count). The third-order valence-corrected chi connectivity index (χ3v) is 2.70. The number of aliphatic hydroxyl groups excluding tert-OH is 1. The van der Waals surface area contributed by atoms with Gasteiger partial charge >= 0.3 is 6.03 Å². The number of anilines is 1. The van der Waals surface area contributed by atoms with Gasteiger partial charge in [-0.1, -0.05) is 15.9 Å². The van der Waals surface area contributed by atoms with E-state index in [4.69, 9.17) is 5.11 Å². The monoisotopic (exact) mass is 272 g/mol. The number of carbonyl (C=O) groups is 1. The van der Waals surface area contributed by atoms with Gasteiger partial charge in [0.1, 0.15) is 0 Å². The van der Waals surface area contributed by atoms with Crippen LogP contribution in [0.15, 0.2) is 22.7 Å². The number of hydrogen-bond acceptors (Lipinski definition) is 2. The van der Waals surface area contributed by atoms with Gasteiger partial charge in [0.2, 0.25) is 0 Å². The van der Waals surface area contributed by atoms with Crippen molar-refractivity contribution in [2.24, 2.45) is 0 Å². The van der Waals surface area contributed by atoms with Crippen LogP contribution < -0.4 is 10.6 Å². The summed E-state index contributed by atoms with van der Waals surface area (Å²) in [5, 5.41) is 13.7. The van der Waals surface area contributed by atoms with Gasteiger partial charge in [-0.05, 0) is 30.7 Å². The van der Waals surface area contributed by atoms with E-state index < -0.39 is 0 Å². The van der Waals surface area contributed by atoms with Crippen molar-refractivity contribution in [3.8, 4) is 0 Å². The van der Waals surface area contributed by atoms with Crippen molar-refractivity contribution >= 4 is 27.6 Å². The van der Waals surface area contributed by atoms with Crippen molar-refractivity contribution in [3.63, 3.8) is 0 Å². The van der Waals surface area contributed by atoms with Crippen molar-refractivity contribution in [1.82, 2.24) is 5.32 Å². The van der Waals surface area contributed by atoms with E-state index in [0.717, 1.165) is 15.7 Å². The fraction of sp³-hybridized carbons (Fsp3) is 0.300. The number of aryl methyl sites for hydroxylation is 1. The van der Waals surface area contributed by atoms with Crippen molar-refractivity contribution in [1.29, 1.82) is 0 Å². The van der Waals surface area contributed by atoms with Crippen LogP contribution in [0.2, 0.25) is 0 Å². The highest BCUT2D eigenvalue weighted by molar-refractivity contribution is 9.10. The summed E-state index contributed by atoms with van der Waals surface area (Å²) in [7, 11) is 0. The second-order valence-electron chi connectivity index (χ2n) is 3.07. The van der Waals surface area contributed by atoms with Gasteiger partial charge < -0.3 is 15.7 Å². The Balaban J connectivity index is 2.57. The third kappa shape index (κ3) is 3.89. The van der Waals surface area contributed by atoms with Gasteiger partial charge in [0, 0.05) is 16.7 Å². The predicted molar refractivity (Wildman–Crippen MR) is 63.0 cm³/mol. The second kappa shape index (κ2) is 5.72. The van der Waals surface area contributed by atoms with E-state index in [0.29, 0.717) is 0 Å². The summed E-state index contributed by atoms with van der Waals surface area (Å²) in [5.41, 5.74) is 1.78. The SMILES string of the molecule is Cc1cc(NC(=O)NCCO)ccc1Br. The highest BCUT2D eigenvalue weighted by atomic mass is 79.9. The normalized spacial score (nSPS) is 9.80. The minimum Gasteiger partial charge on any atom is -0.395 e. The van der Waals surface area contributed by atoms with Gasteiger partial charge in [-0.25, -0.2) is 4.79 Å². The van der Waals surface area contributed by atoms with E-state index in [1.54, 1.807) is 6.07 Å². The minimum absolute atomic E-state index is 0.0627. The van der Waals surface area contributed by atoms with Crippen molar-refractivity contribution in [2.75, 3.05) is 18.5 Å². The van der Waals surface area contributed by atoms with E-state index in [-0.39, 0.29) is 19.2 Å². The number of carbonyl (C=O) groups excluding carboxylic acids is 1. The lowest BCUT2D eigenvalue weighted by molar-refractivity contribution is 0.245. The molecule has 0 unspecified atom stereocenters. The van der Waals surface area contributed by atoms with Crippen LogP contribution in [0.3, 0.4) is 0 Å². The molecule has 0 bridgehead atoms. The van der Waals surface area contributed by atoms with Crippen LogP contribution in [0.5, 0.6) is 0 Å². The molecule has 4 nitrogen and oxygen atoms in total. The largest absolute Gasteiger partial charge is 0.395 e. The van der Waals surface area contributed by atoms with Gasteiger partial charge in [0.05, 0.1) is 6.61 Å². The summed E-state index contributed by atoms with van der Waals surface area (Å²) in [6, 6.07) is 5.22. The molecule has 82 valence electrons. The Labute approximate surface area is 96.8 Å². The molecular weight excluding hydrogens is 260 g/mol. The molecule has 0 saturated carbocycles. The van der Waals surface area contributed by atoms with E-state index >= 15 is 0 Å². The van der Waals surface area contributed by atoms with Crippen LogP contribution in [-0.4, -0.2) is 24.3 Å². The minimum atomic E-state index is -0.314. The number of hydrogen-bond donors (Lipinski definition) is 3. The first-order chi connectivity index (χ1) is 7.13. The van der Waals surface area contributed by atoms with Crippen LogP contribution in [-0.2, 0) is 0 Å². The van der Waals surface area contributed by atoms with E-state index in [9.17, 15) is 4.79 Å². The van der Waals surface area contributed by atoms with Crippen LogP contribution in [0.1, 0.15) is 5.56 Å². The topological polar surface area (TPSA) is 61.4 Å². The molecule has 0 heterocycles. The standard InChI is InChI=1S/C10H13BrN2O2/c1-7-6-8(2-3-9(7)11)13-10(15)12-4-5-14/h2-3,6,14H,4-5H2,1H3,(H2,12,13,15). The van der Waals surface area contributed by atoms with Crippen LogP contribution in [0, 0.1) is 6.92 Å². The molecule has 0 fully saturated rings. The lowest BCUT2D eigenvalue weighted by Gasteiger charge is -2.07. The fourth-order valence-electron chi connectivity index (χ4n) is 1.07. The number of aliphatic hydroxyl groups is 1. The zero-order chi connectivity index (χ0) is 11.3. The number of amides is 2. The first-order valence-corrected chi connectivity index (χ1v) is 5.34. The Bertz CT molecular complexity index is 355. The maximum Gasteiger partial charge on any atom is 0.319 e. The predicted octanol–water partition coefficient (Wildman–Crippen LogP) is 1.87. The Morgan fingerprint density at radius 1 is 1.53 bits per heavy atom.